The summed E-state index contributed by atoms with van der Waals surface area (Å²) < 4.78 is 0. The highest BCUT2D eigenvalue weighted by atomic mass is 32.2. The fraction of sp³-hybridized carbons (Fsp3) is 0.308. The average molecular weight is 232 g/mol. The van der Waals surface area contributed by atoms with Crippen molar-refractivity contribution in [1.29, 1.82) is 0 Å². The highest BCUT2D eigenvalue weighted by Gasteiger charge is 2.20. The Hall–Kier alpha value is -1.22. The standard InChI is InChI=1S/C13H16N2S/c1-10-15-13(2,3)9-12(16-10)14-11-7-5-4-6-8-11/h4-9,14H,1-3H3. The third-order valence-corrected chi connectivity index (χ3v) is 3.06. The number of aliphatic imine (C=N–C) groups is 1. The van der Waals surface area contributed by atoms with E-state index in [9.17, 15) is 0 Å². The summed E-state index contributed by atoms with van der Waals surface area (Å²) in [5.74, 6) is 0. The molecule has 0 amide bonds. The molecule has 2 nitrogen and oxygen atoms in total. The van der Waals surface area contributed by atoms with Gasteiger partial charge in [0, 0.05) is 5.69 Å². The molecule has 0 radical (unpaired) electrons. The molecule has 0 bridgehead atoms. The lowest BCUT2D eigenvalue weighted by Gasteiger charge is -2.24. The monoisotopic (exact) mass is 232 g/mol. The van der Waals surface area contributed by atoms with Crippen LogP contribution in [0, 0.1) is 0 Å². The molecule has 0 fully saturated rings. The number of anilines is 1. The molecule has 0 spiro atoms. The van der Waals surface area contributed by atoms with Gasteiger partial charge in [0.2, 0.25) is 0 Å². The molecule has 1 heterocycles. The molecule has 0 saturated carbocycles. The Morgan fingerprint density at radius 3 is 2.50 bits per heavy atom. The van der Waals surface area contributed by atoms with Crippen molar-refractivity contribution in [2.45, 2.75) is 26.3 Å². The van der Waals surface area contributed by atoms with Crippen LogP contribution in [0.5, 0.6) is 0 Å². The molecular weight excluding hydrogens is 216 g/mol. The zero-order valence-corrected chi connectivity index (χ0v) is 10.6. The van der Waals surface area contributed by atoms with Crippen molar-refractivity contribution in [3.05, 3.63) is 41.4 Å². The fourth-order valence-corrected chi connectivity index (χ4v) is 2.81. The molecule has 1 aliphatic heterocycles. The van der Waals surface area contributed by atoms with Crippen LogP contribution < -0.4 is 5.32 Å². The van der Waals surface area contributed by atoms with Crippen molar-refractivity contribution in [3.63, 3.8) is 0 Å². The van der Waals surface area contributed by atoms with Crippen molar-refractivity contribution in [3.8, 4) is 0 Å². The first-order valence-corrected chi connectivity index (χ1v) is 6.16. The molecule has 1 aliphatic rings. The van der Waals surface area contributed by atoms with E-state index in [0.29, 0.717) is 0 Å². The first-order chi connectivity index (χ1) is 7.55. The van der Waals surface area contributed by atoms with E-state index in [-0.39, 0.29) is 5.54 Å². The van der Waals surface area contributed by atoms with Crippen molar-refractivity contribution < 1.29 is 0 Å². The highest BCUT2D eigenvalue weighted by Crippen LogP contribution is 2.30. The maximum atomic E-state index is 4.57. The van der Waals surface area contributed by atoms with Crippen molar-refractivity contribution >= 4 is 22.5 Å². The average Bonchev–Trinajstić information content (AvgIpc) is 2.15. The van der Waals surface area contributed by atoms with Gasteiger partial charge in [0.15, 0.2) is 0 Å². The van der Waals surface area contributed by atoms with Crippen LogP contribution in [0.3, 0.4) is 0 Å². The van der Waals surface area contributed by atoms with E-state index in [4.69, 9.17) is 0 Å². The molecule has 84 valence electrons. The minimum Gasteiger partial charge on any atom is -0.350 e. The predicted molar refractivity (Wildman–Crippen MR) is 72.9 cm³/mol. The van der Waals surface area contributed by atoms with Crippen LogP contribution in [-0.4, -0.2) is 10.6 Å². The molecule has 0 saturated heterocycles. The summed E-state index contributed by atoms with van der Waals surface area (Å²) in [7, 11) is 0. The van der Waals surface area contributed by atoms with E-state index in [2.05, 4.69) is 42.4 Å². The lowest BCUT2D eigenvalue weighted by Crippen LogP contribution is -2.20. The number of benzene rings is 1. The summed E-state index contributed by atoms with van der Waals surface area (Å²) in [6.07, 6.45) is 2.16. The first-order valence-electron chi connectivity index (χ1n) is 5.34. The van der Waals surface area contributed by atoms with Gasteiger partial charge in [-0.1, -0.05) is 30.0 Å². The highest BCUT2D eigenvalue weighted by molar-refractivity contribution is 8.17. The molecule has 0 aromatic heterocycles. The summed E-state index contributed by atoms with van der Waals surface area (Å²) in [5, 5.41) is 5.67. The normalized spacial score (nSPS) is 18.7. The number of nitrogens with zero attached hydrogens (tertiary/aromatic N) is 1. The molecule has 3 heteroatoms. The molecule has 1 aromatic carbocycles. The van der Waals surface area contributed by atoms with Gasteiger partial charge in [0.1, 0.15) is 0 Å². The van der Waals surface area contributed by atoms with E-state index in [1.165, 1.54) is 0 Å². The zero-order valence-electron chi connectivity index (χ0n) is 9.82. The number of nitrogens with one attached hydrogen (secondary N) is 1. The number of hydrogen-bond donors (Lipinski definition) is 1. The van der Waals surface area contributed by atoms with Crippen molar-refractivity contribution in [1.82, 2.24) is 0 Å². The number of para-hydroxylation sites is 1. The third-order valence-electron chi connectivity index (χ3n) is 2.23. The molecule has 1 N–H and O–H groups in total. The van der Waals surface area contributed by atoms with Gasteiger partial charge < -0.3 is 5.32 Å². The lowest BCUT2D eigenvalue weighted by atomic mass is 10.1. The van der Waals surface area contributed by atoms with Crippen LogP contribution in [0.2, 0.25) is 0 Å². The summed E-state index contributed by atoms with van der Waals surface area (Å²) in [4.78, 5) is 4.57. The first kappa shape index (κ1) is 11.3. The fourth-order valence-electron chi connectivity index (χ4n) is 1.70. The van der Waals surface area contributed by atoms with E-state index >= 15 is 0 Å². The number of thioether (sulfide) groups is 1. The van der Waals surface area contributed by atoms with Crippen LogP contribution in [0.1, 0.15) is 20.8 Å². The van der Waals surface area contributed by atoms with E-state index < -0.39 is 0 Å². The van der Waals surface area contributed by atoms with Crippen LogP contribution in [-0.2, 0) is 0 Å². The maximum Gasteiger partial charge on any atom is 0.0769 e. The van der Waals surface area contributed by atoms with Crippen molar-refractivity contribution in [2.24, 2.45) is 4.99 Å². The zero-order chi connectivity index (χ0) is 11.6. The summed E-state index contributed by atoms with van der Waals surface area (Å²) in [6, 6.07) is 10.2. The van der Waals surface area contributed by atoms with Gasteiger partial charge in [-0.15, -0.1) is 0 Å². The molecule has 0 atom stereocenters. The van der Waals surface area contributed by atoms with Gasteiger partial charge in [0.25, 0.3) is 0 Å². The summed E-state index contributed by atoms with van der Waals surface area (Å²) >= 11 is 1.68. The van der Waals surface area contributed by atoms with Crippen LogP contribution in [0.25, 0.3) is 0 Å². The Balaban J connectivity index is 2.15. The molecular formula is C13H16N2S. The van der Waals surface area contributed by atoms with E-state index in [1.54, 1.807) is 11.8 Å². The third kappa shape index (κ3) is 2.89. The Bertz CT molecular complexity index is 433. The minimum absolute atomic E-state index is 0.105. The number of hydrogen-bond acceptors (Lipinski definition) is 3. The lowest BCUT2D eigenvalue weighted by molar-refractivity contribution is 0.656. The smallest absolute Gasteiger partial charge is 0.0769 e. The van der Waals surface area contributed by atoms with Gasteiger partial charge in [-0.2, -0.15) is 0 Å². The van der Waals surface area contributed by atoms with Crippen LogP contribution in [0.4, 0.5) is 5.69 Å². The summed E-state index contributed by atoms with van der Waals surface area (Å²) in [5.41, 5.74) is 1.01. The van der Waals surface area contributed by atoms with Crippen LogP contribution >= 0.6 is 11.8 Å². The topological polar surface area (TPSA) is 24.4 Å². The summed E-state index contributed by atoms with van der Waals surface area (Å²) in [6.45, 7) is 6.28. The second kappa shape index (κ2) is 4.34. The Morgan fingerprint density at radius 2 is 1.88 bits per heavy atom. The van der Waals surface area contributed by atoms with Crippen LogP contribution in [0.15, 0.2) is 46.4 Å². The van der Waals surface area contributed by atoms with E-state index in [0.717, 1.165) is 15.8 Å². The van der Waals surface area contributed by atoms with Gasteiger partial charge >= 0.3 is 0 Å². The Morgan fingerprint density at radius 1 is 1.19 bits per heavy atom. The molecule has 1 aromatic rings. The Labute approximate surface area is 101 Å². The quantitative estimate of drug-likeness (QED) is 0.836. The van der Waals surface area contributed by atoms with Gasteiger partial charge in [-0.3, -0.25) is 4.99 Å². The predicted octanol–water partition coefficient (Wildman–Crippen LogP) is 3.88. The second-order valence-corrected chi connectivity index (χ2v) is 5.62. The second-order valence-electron chi connectivity index (χ2n) is 4.39. The van der Waals surface area contributed by atoms with Gasteiger partial charge in [0.05, 0.1) is 15.6 Å². The van der Waals surface area contributed by atoms with E-state index in [1.807, 2.05) is 25.1 Å². The van der Waals surface area contributed by atoms with Gasteiger partial charge in [-0.25, -0.2) is 0 Å². The molecule has 16 heavy (non-hydrogen) atoms. The van der Waals surface area contributed by atoms with Crippen molar-refractivity contribution in [2.75, 3.05) is 5.32 Å². The van der Waals surface area contributed by atoms with Gasteiger partial charge in [-0.05, 0) is 39.0 Å². The molecule has 0 unspecified atom stereocenters. The molecule has 0 aliphatic carbocycles. The largest absolute Gasteiger partial charge is 0.350 e. The minimum atomic E-state index is -0.105. The molecule has 2 rings (SSSR count). The number of rotatable bonds is 2. The Kier molecular flexibility index (Phi) is 3.06. The maximum absolute atomic E-state index is 4.57. The SMILES string of the molecule is CC1=NC(C)(C)C=C(Nc2ccccc2)S1.